The Hall–Kier alpha value is -1.81. The van der Waals surface area contributed by atoms with Crippen molar-refractivity contribution >= 4 is 0 Å². The summed E-state index contributed by atoms with van der Waals surface area (Å²) in [4.78, 5) is 7.26. The zero-order valence-corrected chi connectivity index (χ0v) is 9.20. The lowest BCUT2D eigenvalue weighted by Gasteiger charge is -2.05. The summed E-state index contributed by atoms with van der Waals surface area (Å²) in [5.74, 6) is 1.25. The fourth-order valence-electron chi connectivity index (χ4n) is 1.55. The maximum atomic E-state index is 9.55. The summed E-state index contributed by atoms with van der Waals surface area (Å²) in [6, 6.07) is 7.33. The predicted octanol–water partition coefficient (Wildman–Crippen LogP) is 1.71. The van der Waals surface area contributed by atoms with Gasteiger partial charge in [0.25, 0.3) is 0 Å². The molecule has 3 N–H and O–H groups in total. The van der Waals surface area contributed by atoms with Gasteiger partial charge in [-0.2, -0.15) is 0 Å². The Kier molecular flexibility index (Phi) is 3.22. The van der Waals surface area contributed by atoms with Crippen molar-refractivity contribution in [2.24, 2.45) is 0 Å². The van der Waals surface area contributed by atoms with E-state index in [1.54, 1.807) is 6.07 Å². The molecule has 2 aromatic rings. The number of hydrogen-bond acceptors (Lipinski definition) is 3. The zero-order valence-electron chi connectivity index (χ0n) is 9.20. The molecule has 0 saturated heterocycles. The van der Waals surface area contributed by atoms with Gasteiger partial charge in [0.15, 0.2) is 0 Å². The van der Waals surface area contributed by atoms with Crippen LogP contribution in [0, 0.1) is 6.92 Å². The topological polar surface area (TPSA) is 60.9 Å². The Bertz CT molecular complexity index is 465. The maximum absolute atomic E-state index is 9.55. The number of phenolic OH excluding ortho intramolecular Hbond substituents is 1. The van der Waals surface area contributed by atoms with E-state index >= 15 is 0 Å². The van der Waals surface area contributed by atoms with Crippen LogP contribution in [0.5, 0.6) is 5.75 Å². The lowest BCUT2D eigenvalue weighted by Crippen LogP contribution is -2.12. The molecule has 0 atom stereocenters. The highest BCUT2D eigenvalue weighted by Gasteiger charge is 2.00. The predicted molar refractivity (Wildman–Crippen MR) is 62.0 cm³/mol. The second-order valence-corrected chi connectivity index (χ2v) is 3.73. The Morgan fingerprint density at radius 1 is 1.31 bits per heavy atom. The van der Waals surface area contributed by atoms with Gasteiger partial charge in [0.2, 0.25) is 0 Å². The first-order valence-corrected chi connectivity index (χ1v) is 5.24. The number of aryl methyl sites for hydroxylation is 1. The van der Waals surface area contributed by atoms with Crippen molar-refractivity contribution in [2.45, 2.75) is 20.0 Å². The first kappa shape index (κ1) is 10.7. The smallest absolute Gasteiger partial charge is 0.120 e. The van der Waals surface area contributed by atoms with E-state index in [0.717, 1.165) is 23.6 Å². The number of benzene rings is 1. The number of hydrogen-bond donors (Lipinski definition) is 3. The molecule has 0 spiro atoms. The minimum atomic E-state index is 0.329. The highest BCUT2D eigenvalue weighted by molar-refractivity contribution is 5.31. The van der Waals surface area contributed by atoms with Crippen LogP contribution in [0.25, 0.3) is 0 Å². The molecule has 1 aromatic heterocycles. The highest BCUT2D eigenvalue weighted by Crippen LogP contribution is 2.14. The van der Waals surface area contributed by atoms with Gasteiger partial charge < -0.3 is 15.4 Å². The van der Waals surface area contributed by atoms with E-state index in [1.807, 2.05) is 31.3 Å². The molecule has 84 valence electrons. The van der Waals surface area contributed by atoms with Crippen molar-refractivity contribution in [1.29, 1.82) is 0 Å². The van der Waals surface area contributed by atoms with Crippen molar-refractivity contribution in [3.63, 3.8) is 0 Å². The van der Waals surface area contributed by atoms with E-state index in [1.165, 1.54) is 0 Å². The molecule has 0 aliphatic heterocycles. The minimum Gasteiger partial charge on any atom is -0.508 e. The van der Waals surface area contributed by atoms with Gasteiger partial charge in [-0.25, -0.2) is 4.98 Å². The van der Waals surface area contributed by atoms with Crippen LogP contribution in [0.15, 0.2) is 30.5 Å². The summed E-state index contributed by atoms with van der Waals surface area (Å²) in [5, 5.41) is 12.8. The van der Waals surface area contributed by atoms with Crippen LogP contribution in [0.3, 0.4) is 0 Å². The van der Waals surface area contributed by atoms with E-state index in [2.05, 4.69) is 15.3 Å². The monoisotopic (exact) mass is 217 g/mol. The minimum absolute atomic E-state index is 0.329. The highest BCUT2D eigenvalue weighted by atomic mass is 16.3. The number of H-pyrrole nitrogens is 1. The van der Waals surface area contributed by atoms with Gasteiger partial charge >= 0.3 is 0 Å². The lowest BCUT2D eigenvalue weighted by molar-refractivity contribution is 0.464. The van der Waals surface area contributed by atoms with E-state index < -0.39 is 0 Å². The SMILES string of the molecule is Cc1ncc(CNCc2ccccc2O)[nH]1. The van der Waals surface area contributed by atoms with Crippen molar-refractivity contribution in [2.75, 3.05) is 0 Å². The van der Waals surface area contributed by atoms with Crippen LogP contribution in [0.4, 0.5) is 0 Å². The fraction of sp³-hybridized carbons (Fsp3) is 0.250. The fourth-order valence-corrected chi connectivity index (χ4v) is 1.55. The Morgan fingerprint density at radius 2 is 2.12 bits per heavy atom. The van der Waals surface area contributed by atoms with E-state index in [9.17, 15) is 5.11 Å². The number of rotatable bonds is 4. The third-order valence-electron chi connectivity index (χ3n) is 2.38. The molecular weight excluding hydrogens is 202 g/mol. The standard InChI is InChI=1S/C12H15N3O/c1-9-14-8-11(15-9)7-13-6-10-4-2-3-5-12(10)16/h2-5,8,13,16H,6-7H2,1H3,(H,14,15). The summed E-state index contributed by atoms with van der Waals surface area (Å²) in [6.45, 7) is 3.28. The molecule has 1 heterocycles. The normalized spacial score (nSPS) is 10.6. The van der Waals surface area contributed by atoms with E-state index in [0.29, 0.717) is 12.3 Å². The summed E-state index contributed by atoms with van der Waals surface area (Å²) in [6.07, 6.45) is 1.81. The van der Waals surface area contributed by atoms with Crippen molar-refractivity contribution in [3.8, 4) is 5.75 Å². The molecular formula is C12H15N3O. The first-order chi connectivity index (χ1) is 7.75. The quantitative estimate of drug-likeness (QED) is 0.730. The number of imidazole rings is 1. The molecule has 0 amide bonds. The van der Waals surface area contributed by atoms with Gasteiger partial charge in [-0.05, 0) is 13.0 Å². The molecule has 0 saturated carbocycles. The van der Waals surface area contributed by atoms with Crippen molar-refractivity contribution < 1.29 is 5.11 Å². The number of nitrogens with one attached hydrogen (secondary N) is 2. The molecule has 4 nitrogen and oxygen atoms in total. The molecule has 0 bridgehead atoms. The second kappa shape index (κ2) is 4.81. The average Bonchev–Trinajstić information content (AvgIpc) is 2.67. The van der Waals surface area contributed by atoms with Crippen LogP contribution in [0.2, 0.25) is 0 Å². The zero-order chi connectivity index (χ0) is 11.4. The van der Waals surface area contributed by atoms with Gasteiger partial charge in [-0.1, -0.05) is 18.2 Å². The molecule has 0 aliphatic carbocycles. The summed E-state index contributed by atoms with van der Waals surface area (Å²) >= 11 is 0. The molecule has 1 aromatic carbocycles. The summed E-state index contributed by atoms with van der Waals surface area (Å²) < 4.78 is 0. The van der Waals surface area contributed by atoms with Gasteiger partial charge in [0.1, 0.15) is 11.6 Å². The molecule has 16 heavy (non-hydrogen) atoms. The molecule has 4 heteroatoms. The number of aromatic amines is 1. The van der Waals surface area contributed by atoms with Crippen LogP contribution in [0.1, 0.15) is 17.1 Å². The van der Waals surface area contributed by atoms with Crippen LogP contribution in [-0.4, -0.2) is 15.1 Å². The van der Waals surface area contributed by atoms with Crippen LogP contribution < -0.4 is 5.32 Å². The van der Waals surface area contributed by atoms with Gasteiger partial charge in [-0.15, -0.1) is 0 Å². The van der Waals surface area contributed by atoms with Gasteiger partial charge in [-0.3, -0.25) is 0 Å². The van der Waals surface area contributed by atoms with E-state index in [4.69, 9.17) is 0 Å². The second-order valence-electron chi connectivity index (χ2n) is 3.73. The molecule has 0 unspecified atom stereocenters. The number of nitrogens with zero attached hydrogens (tertiary/aromatic N) is 1. The van der Waals surface area contributed by atoms with Gasteiger partial charge in [0, 0.05) is 30.5 Å². The van der Waals surface area contributed by atoms with Crippen LogP contribution >= 0.6 is 0 Å². The maximum Gasteiger partial charge on any atom is 0.120 e. The van der Waals surface area contributed by atoms with Gasteiger partial charge in [0.05, 0.1) is 0 Å². The van der Waals surface area contributed by atoms with Crippen molar-refractivity contribution in [3.05, 3.63) is 47.5 Å². The largest absolute Gasteiger partial charge is 0.508 e. The number of phenols is 1. The molecule has 0 radical (unpaired) electrons. The Balaban J connectivity index is 1.87. The number of aromatic hydroxyl groups is 1. The molecule has 0 aliphatic rings. The third-order valence-corrected chi connectivity index (χ3v) is 2.38. The lowest BCUT2D eigenvalue weighted by atomic mass is 10.2. The molecule has 2 rings (SSSR count). The van der Waals surface area contributed by atoms with Crippen molar-refractivity contribution in [1.82, 2.24) is 15.3 Å². The molecule has 0 fully saturated rings. The number of aromatic nitrogens is 2. The summed E-state index contributed by atoms with van der Waals surface area (Å²) in [5.41, 5.74) is 1.95. The number of para-hydroxylation sites is 1. The van der Waals surface area contributed by atoms with E-state index in [-0.39, 0.29) is 0 Å². The third kappa shape index (κ3) is 2.61. The Morgan fingerprint density at radius 3 is 2.81 bits per heavy atom. The van der Waals surface area contributed by atoms with Crippen LogP contribution in [-0.2, 0) is 13.1 Å². The first-order valence-electron chi connectivity index (χ1n) is 5.24. The average molecular weight is 217 g/mol. The summed E-state index contributed by atoms with van der Waals surface area (Å²) in [7, 11) is 0. The Labute approximate surface area is 94.4 Å².